The molecule has 0 aliphatic carbocycles. The molecule has 0 aromatic heterocycles. The number of methoxy groups -OCH3 is 1. The molecular formula is C18H13BrN2O3. The van der Waals surface area contributed by atoms with Crippen LogP contribution in [0, 0.1) is 11.3 Å². The van der Waals surface area contributed by atoms with Crippen LogP contribution in [0.4, 0.5) is 5.69 Å². The van der Waals surface area contributed by atoms with Crippen molar-refractivity contribution in [1.29, 1.82) is 5.26 Å². The minimum absolute atomic E-state index is 0.0382. The fraction of sp³-hybridized carbons (Fsp3) is 0.0556. The number of nitrogens with zero attached hydrogens (tertiary/aromatic N) is 1. The van der Waals surface area contributed by atoms with E-state index in [1.807, 2.05) is 6.07 Å². The summed E-state index contributed by atoms with van der Waals surface area (Å²) < 4.78 is 5.51. The molecule has 0 saturated carbocycles. The van der Waals surface area contributed by atoms with Gasteiger partial charge in [-0.05, 0) is 48.0 Å². The number of amides is 1. The SMILES string of the molecule is COC(=O)c1ccc(/C=C(/C#N)C(=O)Nc2ccc(Br)cc2)cc1. The molecule has 5 nitrogen and oxygen atoms in total. The van der Waals surface area contributed by atoms with E-state index in [1.54, 1.807) is 48.5 Å². The fourth-order valence-electron chi connectivity index (χ4n) is 1.88. The summed E-state index contributed by atoms with van der Waals surface area (Å²) in [7, 11) is 1.30. The van der Waals surface area contributed by atoms with Gasteiger partial charge in [-0.2, -0.15) is 5.26 Å². The Balaban J connectivity index is 2.16. The first-order chi connectivity index (χ1) is 11.5. The zero-order valence-electron chi connectivity index (χ0n) is 12.7. The van der Waals surface area contributed by atoms with Crippen LogP contribution in [0.1, 0.15) is 15.9 Å². The van der Waals surface area contributed by atoms with Gasteiger partial charge in [-0.3, -0.25) is 4.79 Å². The topological polar surface area (TPSA) is 79.2 Å². The molecule has 0 saturated heterocycles. The van der Waals surface area contributed by atoms with Crippen molar-refractivity contribution in [2.24, 2.45) is 0 Å². The summed E-state index contributed by atoms with van der Waals surface area (Å²) in [6.45, 7) is 0. The Hall–Kier alpha value is -2.91. The number of halogens is 1. The van der Waals surface area contributed by atoms with E-state index in [2.05, 4.69) is 26.0 Å². The van der Waals surface area contributed by atoms with Crippen LogP contribution in [-0.2, 0) is 9.53 Å². The van der Waals surface area contributed by atoms with Gasteiger partial charge in [0.25, 0.3) is 5.91 Å². The molecule has 24 heavy (non-hydrogen) atoms. The second-order valence-electron chi connectivity index (χ2n) is 4.74. The molecule has 0 unspecified atom stereocenters. The summed E-state index contributed by atoms with van der Waals surface area (Å²) in [4.78, 5) is 23.5. The Morgan fingerprint density at radius 3 is 2.29 bits per heavy atom. The molecule has 0 heterocycles. The van der Waals surface area contributed by atoms with Gasteiger partial charge >= 0.3 is 5.97 Å². The van der Waals surface area contributed by atoms with E-state index in [1.165, 1.54) is 13.2 Å². The lowest BCUT2D eigenvalue weighted by Crippen LogP contribution is -2.13. The number of anilines is 1. The lowest BCUT2D eigenvalue weighted by Gasteiger charge is -2.04. The van der Waals surface area contributed by atoms with Crippen LogP contribution >= 0.6 is 15.9 Å². The van der Waals surface area contributed by atoms with Crippen LogP contribution in [0.5, 0.6) is 0 Å². The van der Waals surface area contributed by atoms with Gasteiger partial charge in [0, 0.05) is 10.2 Å². The molecule has 1 amide bonds. The van der Waals surface area contributed by atoms with Crippen molar-refractivity contribution in [3.63, 3.8) is 0 Å². The number of nitrogens with one attached hydrogen (secondary N) is 1. The highest BCUT2D eigenvalue weighted by molar-refractivity contribution is 9.10. The number of hydrogen-bond donors (Lipinski definition) is 1. The van der Waals surface area contributed by atoms with Gasteiger partial charge in [-0.25, -0.2) is 4.79 Å². The van der Waals surface area contributed by atoms with E-state index < -0.39 is 11.9 Å². The first-order valence-corrected chi connectivity index (χ1v) is 7.70. The lowest BCUT2D eigenvalue weighted by atomic mass is 10.1. The van der Waals surface area contributed by atoms with Crippen molar-refractivity contribution < 1.29 is 14.3 Å². The molecule has 2 aromatic rings. The fourth-order valence-corrected chi connectivity index (χ4v) is 2.14. The predicted octanol–water partition coefficient (Wildman–Crippen LogP) is 3.78. The molecule has 0 fully saturated rings. The third-order valence-corrected chi connectivity index (χ3v) is 3.64. The standard InChI is InChI=1S/C18H13BrN2O3/c1-24-18(23)13-4-2-12(3-5-13)10-14(11-20)17(22)21-16-8-6-15(19)7-9-16/h2-10H,1H3,(H,21,22)/b14-10-. The average Bonchev–Trinajstić information content (AvgIpc) is 2.61. The third kappa shape index (κ3) is 4.54. The van der Waals surface area contributed by atoms with E-state index in [-0.39, 0.29) is 5.57 Å². The number of benzene rings is 2. The molecule has 120 valence electrons. The highest BCUT2D eigenvalue weighted by atomic mass is 79.9. The maximum Gasteiger partial charge on any atom is 0.337 e. The number of nitriles is 1. The maximum absolute atomic E-state index is 12.2. The molecule has 0 radical (unpaired) electrons. The molecule has 2 rings (SSSR count). The minimum atomic E-state index is -0.503. The van der Waals surface area contributed by atoms with Gasteiger partial charge in [-0.15, -0.1) is 0 Å². The maximum atomic E-state index is 12.2. The van der Waals surface area contributed by atoms with E-state index >= 15 is 0 Å². The van der Waals surface area contributed by atoms with E-state index in [4.69, 9.17) is 0 Å². The lowest BCUT2D eigenvalue weighted by molar-refractivity contribution is -0.112. The molecule has 2 aromatic carbocycles. The summed E-state index contributed by atoms with van der Waals surface area (Å²) in [5, 5.41) is 11.9. The number of rotatable bonds is 4. The first kappa shape index (κ1) is 17.4. The Morgan fingerprint density at radius 2 is 1.75 bits per heavy atom. The van der Waals surface area contributed by atoms with Crippen LogP contribution < -0.4 is 5.32 Å². The van der Waals surface area contributed by atoms with Crippen molar-refractivity contribution in [2.45, 2.75) is 0 Å². The third-order valence-electron chi connectivity index (χ3n) is 3.11. The van der Waals surface area contributed by atoms with Crippen LogP contribution in [0.2, 0.25) is 0 Å². The highest BCUT2D eigenvalue weighted by Gasteiger charge is 2.10. The summed E-state index contributed by atoms with van der Waals surface area (Å²) in [5.41, 5.74) is 1.58. The number of esters is 1. The highest BCUT2D eigenvalue weighted by Crippen LogP contribution is 2.16. The molecular weight excluding hydrogens is 372 g/mol. The summed E-state index contributed by atoms with van der Waals surface area (Å²) in [6.07, 6.45) is 1.45. The van der Waals surface area contributed by atoms with Crippen molar-refractivity contribution >= 4 is 39.6 Å². The number of ether oxygens (including phenoxy) is 1. The van der Waals surface area contributed by atoms with Crippen molar-refractivity contribution in [2.75, 3.05) is 12.4 Å². The van der Waals surface area contributed by atoms with Crippen molar-refractivity contribution in [3.05, 3.63) is 69.7 Å². The minimum Gasteiger partial charge on any atom is -0.465 e. The smallest absolute Gasteiger partial charge is 0.337 e. The Kier molecular flexibility index (Phi) is 5.88. The number of carbonyl (C=O) groups is 2. The van der Waals surface area contributed by atoms with E-state index in [0.717, 1.165) is 4.47 Å². The largest absolute Gasteiger partial charge is 0.465 e. The van der Waals surface area contributed by atoms with Crippen LogP contribution in [-0.4, -0.2) is 19.0 Å². The number of hydrogen-bond acceptors (Lipinski definition) is 4. The van der Waals surface area contributed by atoms with Crippen molar-refractivity contribution in [3.8, 4) is 6.07 Å². The van der Waals surface area contributed by atoms with Gasteiger partial charge in [0.1, 0.15) is 11.6 Å². The molecule has 0 spiro atoms. The molecule has 1 N–H and O–H groups in total. The number of carbonyl (C=O) groups excluding carboxylic acids is 2. The normalized spacial score (nSPS) is 10.6. The van der Waals surface area contributed by atoms with Gasteiger partial charge < -0.3 is 10.1 Å². The quantitative estimate of drug-likeness (QED) is 0.494. The Morgan fingerprint density at radius 1 is 1.12 bits per heavy atom. The Bertz CT molecular complexity index is 819. The summed E-state index contributed by atoms with van der Waals surface area (Å²) in [6, 6.07) is 15.3. The van der Waals surface area contributed by atoms with E-state index in [9.17, 15) is 14.9 Å². The monoisotopic (exact) mass is 384 g/mol. The van der Waals surface area contributed by atoms with Gasteiger partial charge in [0.15, 0.2) is 0 Å². The predicted molar refractivity (Wildman–Crippen MR) is 94.1 cm³/mol. The van der Waals surface area contributed by atoms with Crippen LogP contribution in [0.3, 0.4) is 0 Å². The van der Waals surface area contributed by atoms with Gasteiger partial charge in [0.2, 0.25) is 0 Å². The van der Waals surface area contributed by atoms with Gasteiger partial charge in [-0.1, -0.05) is 28.1 Å². The zero-order chi connectivity index (χ0) is 17.5. The Labute approximate surface area is 147 Å². The molecule has 0 atom stereocenters. The van der Waals surface area contributed by atoms with Crippen molar-refractivity contribution in [1.82, 2.24) is 0 Å². The van der Waals surface area contributed by atoms with Crippen LogP contribution in [0.25, 0.3) is 6.08 Å². The van der Waals surface area contributed by atoms with E-state index in [0.29, 0.717) is 16.8 Å². The second kappa shape index (κ2) is 8.09. The first-order valence-electron chi connectivity index (χ1n) is 6.90. The summed E-state index contributed by atoms with van der Waals surface area (Å²) in [5.74, 6) is -0.948. The van der Waals surface area contributed by atoms with Crippen LogP contribution in [0.15, 0.2) is 58.6 Å². The average molecular weight is 385 g/mol. The molecule has 0 aliphatic heterocycles. The molecule has 0 bridgehead atoms. The van der Waals surface area contributed by atoms with Gasteiger partial charge in [0.05, 0.1) is 12.7 Å². The summed E-state index contributed by atoms with van der Waals surface area (Å²) >= 11 is 3.31. The second-order valence-corrected chi connectivity index (χ2v) is 5.66. The molecule has 6 heteroatoms. The molecule has 0 aliphatic rings. The zero-order valence-corrected chi connectivity index (χ0v) is 14.3.